The number of carbonyl (C=O) groups is 1. The molecule has 2 aromatic rings. The summed E-state index contributed by atoms with van der Waals surface area (Å²) in [5.74, 6) is 0.894. The molecule has 1 atom stereocenters. The van der Waals surface area contributed by atoms with Crippen LogP contribution in [-0.2, 0) is 0 Å². The normalized spacial score (nSPS) is 11.5. The number of nitrogens with one attached hydrogen (secondary N) is 1. The van der Waals surface area contributed by atoms with E-state index in [-0.39, 0.29) is 30.5 Å². The van der Waals surface area contributed by atoms with Crippen LogP contribution >= 0.6 is 24.0 Å². The van der Waals surface area contributed by atoms with Crippen LogP contribution in [0.15, 0.2) is 36.4 Å². The van der Waals surface area contributed by atoms with Crippen molar-refractivity contribution >= 4 is 35.6 Å². The standard InChI is InChI=1S/C19H23ClN2O3.ClH/c1-11(2)25-14-7-5-13(6-8-14)12(3)22-19(23)15-9-16(20)17(21)10-18(15)24-4;/h5-12H,21H2,1-4H3,(H,22,23);1H. The van der Waals surface area contributed by atoms with Crippen LogP contribution in [0.1, 0.15) is 42.7 Å². The van der Waals surface area contributed by atoms with Crippen molar-refractivity contribution in [3.05, 3.63) is 52.5 Å². The number of hydrogen-bond acceptors (Lipinski definition) is 4. The summed E-state index contributed by atoms with van der Waals surface area (Å²) in [4.78, 5) is 12.6. The van der Waals surface area contributed by atoms with E-state index in [1.807, 2.05) is 45.0 Å². The average molecular weight is 399 g/mol. The number of methoxy groups -OCH3 is 1. The molecule has 2 aromatic carbocycles. The second-order valence-corrected chi connectivity index (χ2v) is 6.41. The molecule has 0 aromatic heterocycles. The van der Waals surface area contributed by atoms with Crippen LogP contribution in [0.25, 0.3) is 0 Å². The molecule has 0 radical (unpaired) electrons. The van der Waals surface area contributed by atoms with Crippen molar-refractivity contribution in [3.63, 3.8) is 0 Å². The van der Waals surface area contributed by atoms with Gasteiger partial charge in [0.1, 0.15) is 11.5 Å². The first kappa shape index (κ1) is 21.9. The van der Waals surface area contributed by atoms with Crippen LogP contribution in [0.4, 0.5) is 5.69 Å². The zero-order chi connectivity index (χ0) is 18.6. The molecule has 3 N–H and O–H groups in total. The van der Waals surface area contributed by atoms with E-state index < -0.39 is 0 Å². The van der Waals surface area contributed by atoms with Crippen LogP contribution in [0, 0.1) is 0 Å². The first-order chi connectivity index (χ1) is 11.8. The van der Waals surface area contributed by atoms with E-state index in [0.29, 0.717) is 22.0 Å². The monoisotopic (exact) mass is 398 g/mol. The molecule has 5 nitrogen and oxygen atoms in total. The summed E-state index contributed by atoms with van der Waals surface area (Å²) in [6.45, 7) is 5.85. The molecule has 0 saturated carbocycles. The van der Waals surface area contributed by atoms with Gasteiger partial charge in [-0.2, -0.15) is 0 Å². The summed E-state index contributed by atoms with van der Waals surface area (Å²) in [6, 6.07) is 10.5. The van der Waals surface area contributed by atoms with Crippen molar-refractivity contribution in [3.8, 4) is 11.5 Å². The predicted octanol–water partition coefficient (Wildman–Crippen LogP) is 4.63. The molecule has 0 aliphatic rings. The molecule has 0 aliphatic carbocycles. The minimum absolute atomic E-state index is 0. The van der Waals surface area contributed by atoms with Gasteiger partial charge in [0.15, 0.2) is 0 Å². The van der Waals surface area contributed by atoms with Crippen LogP contribution < -0.4 is 20.5 Å². The summed E-state index contributed by atoms with van der Waals surface area (Å²) < 4.78 is 10.8. The van der Waals surface area contributed by atoms with Gasteiger partial charge in [0, 0.05) is 6.07 Å². The zero-order valence-corrected chi connectivity index (χ0v) is 16.8. The Labute approximate surface area is 165 Å². The SMILES string of the molecule is COc1cc(N)c(Cl)cc1C(=O)NC(C)c1ccc(OC(C)C)cc1.Cl. The van der Waals surface area contributed by atoms with Crippen LogP contribution in [0.3, 0.4) is 0 Å². The predicted molar refractivity (Wildman–Crippen MR) is 108 cm³/mol. The molecule has 0 spiro atoms. The minimum Gasteiger partial charge on any atom is -0.496 e. The van der Waals surface area contributed by atoms with Crippen molar-refractivity contribution in [1.29, 1.82) is 0 Å². The quantitative estimate of drug-likeness (QED) is 0.695. The molecular weight excluding hydrogens is 375 g/mol. The van der Waals surface area contributed by atoms with Gasteiger partial charge in [0.05, 0.1) is 35.5 Å². The van der Waals surface area contributed by atoms with Gasteiger partial charge in [-0.05, 0) is 44.5 Å². The molecule has 0 heterocycles. The number of nitrogen functional groups attached to an aromatic ring is 1. The highest BCUT2D eigenvalue weighted by atomic mass is 35.5. The van der Waals surface area contributed by atoms with Crippen molar-refractivity contribution in [2.45, 2.75) is 32.9 Å². The molecule has 0 aliphatic heterocycles. The Bertz CT molecular complexity index is 749. The number of carbonyl (C=O) groups excluding carboxylic acids is 1. The number of hydrogen-bond donors (Lipinski definition) is 2. The van der Waals surface area contributed by atoms with E-state index in [9.17, 15) is 4.79 Å². The van der Waals surface area contributed by atoms with Crippen LogP contribution in [-0.4, -0.2) is 19.1 Å². The van der Waals surface area contributed by atoms with Gasteiger partial charge in [-0.3, -0.25) is 4.79 Å². The van der Waals surface area contributed by atoms with Gasteiger partial charge < -0.3 is 20.5 Å². The van der Waals surface area contributed by atoms with E-state index in [1.54, 1.807) is 6.07 Å². The van der Waals surface area contributed by atoms with Crippen LogP contribution in [0.2, 0.25) is 5.02 Å². The smallest absolute Gasteiger partial charge is 0.255 e. The molecule has 26 heavy (non-hydrogen) atoms. The summed E-state index contributed by atoms with van der Waals surface area (Å²) in [5.41, 5.74) is 7.42. The largest absolute Gasteiger partial charge is 0.496 e. The Morgan fingerprint density at radius 2 is 1.77 bits per heavy atom. The van der Waals surface area contributed by atoms with Gasteiger partial charge in [-0.1, -0.05) is 23.7 Å². The van der Waals surface area contributed by atoms with E-state index in [4.69, 9.17) is 26.8 Å². The lowest BCUT2D eigenvalue weighted by molar-refractivity contribution is 0.0937. The maximum Gasteiger partial charge on any atom is 0.255 e. The lowest BCUT2D eigenvalue weighted by Crippen LogP contribution is -2.27. The fraction of sp³-hybridized carbons (Fsp3) is 0.316. The molecule has 2 rings (SSSR count). The molecule has 1 unspecified atom stereocenters. The van der Waals surface area contributed by atoms with Gasteiger partial charge in [-0.25, -0.2) is 0 Å². The van der Waals surface area contributed by atoms with Gasteiger partial charge in [0.2, 0.25) is 0 Å². The molecule has 142 valence electrons. The molecule has 0 bridgehead atoms. The van der Waals surface area contributed by atoms with Crippen molar-refractivity contribution < 1.29 is 14.3 Å². The summed E-state index contributed by atoms with van der Waals surface area (Å²) >= 11 is 6.02. The number of benzene rings is 2. The molecule has 7 heteroatoms. The fourth-order valence-corrected chi connectivity index (χ4v) is 2.54. The number of nitrogens with two attached hydrogens (primary N) is 1. The Hall–Kier alpha value is -2.11. The summed E-state index contributed by atoms with van der Waals surface area (Å²) in [7, 11) is 1.48. The highest BCUT2D eigenvalue weighted by Gasteiger charge is 2.17. The number of anilines is 1. The highest BCUT2D eigenvalue weighted by molar-refractivity contribution is 6.33. The molecular formula is C19H24Cl2N2O3. The Morgan fingerprint density at radius 3 is 2.31 bits per heavy atom. The number of ether oxygens (including phenoxy) is 2. The molecule has 0 saturated heterocycles. The second-order valence-electron chi connectivity index (χ2n) is 6.00. The zero-order valence-electron chi connectivity index (χ0n) is 15.2. The number of amides is 1. The van der Waals surface area contributed by atoms with Gasteiger partial charge in [-0.15, -0.1) is 12.4 Å². The highest BCUT2D eigenvalue weighted by Crippen LogP contribution is 2.29. The van der Waals surface area contributed by atoms with Crippen molar-refractivity contribution in [1.82, 2.24) is 5.32 Å². The Kier molecular flexibility index (Phi) is 8.06. The second kappa shape index (κ2) is 9.55. The third-order valence-electron chi connectivity index (χ3n) is 3.66. The average Bonchev–Trinajstić information content (AvgIpc) is 2.56. The first-order valence-corrected chi connectivity index (χ1v) is 8.40. The van der Waals surface area contributed by atoms with E-state index >= 15 is 0 Å². The maximum absolute atomic E-state index is 12.6. The topological polar surface area (TPSA) is 73.6 Å². The minimum atomic E-state index is -0.284. The van der Waals surface area contributed by atoms with Gasteiger partial charge in [0.25, 0.3) is 5.91 Å². The lowest BCUT2D eigenvalue weighted by atomic mass is 10.1. The van der Waals surface area contributed by atoms with Crippen molar-refractivity contribution in [2.75, 3.05) is 12.8 Å². The summed E-state index contributed by atoms with van der Waals surface area (Å²) in [6.07, 6.45) is 0.116. The van der Waals surface area contributed by atoms with Crippen LogP contribution in [0.5, 0.6) is 11.5 Å². The fourth-order valence-electron chi connectivity index (χ4n) is 2.38. The van der Waals surface area contributed by atoms with E-state index in [0.717, 1.165) is 11.3 Å². The third-order valence-corrected chi connectivity index (χ3v) is 3.99. The van der Waals surface area contributed by atoms with Gasteiger partial charge >= 0.3 is 0 Å². The molecule has 1 amide bonds. The third kappa shape index (κ3) is 5.44. The Balaban J connectivity index is 0.00000338. The molecule has 0 fully saturated rings. The first-order valence-electron chi connectivity index (χ1n) is 8.02. The maximum atomic E-state index is 12.6. The van der Waals surface area contributed by atoms with Crippen molar-refractivity contribution in [2.24, 2.45) is 0 Å². The number of halogens is 2. The summed E-state index contributed by atoms with van der Waals surface area (Å²) in [5, 5.41) is 3.25. The lowest BCUT2D eigenvalue weighted by Gasteiger charge is -2.17. The number of rotatable bonds is 6. The van der Waals surface area contributed by atoms with E-state index in [2.05, 4.69) is 5.32 Å². The van der Waals surface area contributed by atoms with E-state index in [1.165, 1.54) is 13.2 Å². The Morgan fingerprint density at radius 1 is 1.15 bits per heavy atom.